The molecule has 3 heterocycles. The van der Waals surface area contributed by atoms with Crippen LogP contribution in [0.25, 0.3) is 21.8 Å². The average molecular weight is 379 g/mol. The number of pyridine rings is 1. The maximum absolute atomic E-state index is 13.6. The average Bonchev–Trinajstić information content (AvgIpc) is 2.95. The van der Waals surface area contributed by atoms with Gasteiger partial charge >= 0.3 is 6.18 Å². The van der Waals surface area contributed by atoms with Gasteiger partial charge in [0.05, 0.1) is 24.2 Å². The van der Waals surface area contributed by atoms with Gasteiger partial charge in [-0.2, -0.15) is 13.2 Å². The minimum Gasteiger partial charge on any atom is -0.379 e. The molecule has 1 N–H and O–H groups in total. The molecule has 5 nitrogen and oxygen atoms in total. The zero-order valence-electron chi connectivity index (χ0n) is 14.7. The molecule has 8 heteroatoms. The fourth-order valence-corrected chi connectivity index (χ4v) is 3.80. The highest BCUT2D eigenvalue weighted by molar-refractivity contribution is 6.08. The molecule has 0 bridgehead atoms. The summed E-state index contributed by atoms with van der Waals surface area (Å²) < 4.78 is 47.7. The molecule has 0 unspecified atom stereocenters. The molecule has 0 atom stereocenters. The van der Waals surface area contributed by atoms with E-state index in [2.05, 4.69) is 9.88 Å². The highest BCUT2D eigenvalue weighted by Crippen LogP contribution is 2.37. The lowest BCUT2D eigenvalue weighted by Crippen LogP contribution is -2.37. The molecular formula is C19H20F3N3O2. The maximum atomic E-state index is 13.6. The van der Waals surface area contributed by atoms with Gasteiger partial charge in [-0.05, 0) is 24.6 Å². The Hall–Kier alpha value is -2.32. The molecule has 3 aromatic rings. The summed E-state index contributed by atoms with van der Waals surface area (Å²) in [5, 5.41) is 1.16. The Morgan fingerprint density at radius 3 is 2.59 bits per heavy atom. The van der Waals surface area contributed by atoms with E-state index in [9.17, 15) is 18.0 Å². The third-order valence-corrected chi connectivity index (χ3v) is 5.03. The Bertz CT molecular complexity index is 1020. The molecule has 1 aliphatic rings. The van der Waals surface area contributed by atoms with Crippen molar-refractivity contribution in [3.63, 3.8) is 0 Å². The zero-order chi connectivity index (χ0) is 19.0. The summed E-state index contributed by atoms with van der Waals surface area (Å²) in [5.41, 5.74) is -0.343. The number of benzene rings is 1. The van der Waals surface area contributed by atoms with Crippen molar-refractivity contribution in [1.82, 2.24) is 14.5 Å². The summed E-state index contributed by atoms with van der Waals surface area (Å²) >= 11 is 0. The normalized spacial score (nSPS) is 16.4. The zero-order valence-corrected chi connectivity index (χ0v) is 14.7. The summed E-state index contributed by atoms with van der Waals surface area (Å²) in [6.45, 7) is 4.21. The highest BCUT2D eigenvalue weighted by Gasteiger charge is 2.35. The first-order valence-corrected chi connectivity index (χ1v) is 8.96. The van der Waals surface area contributed by atoms with E-state index >= 15 is 0 Å². The van der Waals surface area contributed by atoms with Crippen molar-refractivity contribution in [2.75, 3.05) is 32.8 Å². The van der Waals surface area contributed by atoms with Crippen LogP contribution in [0.5, 0.6) is 0 Å². The number of nitrogens with one attached hydrogen (secondary N) is 1. The molecule has 1 saturated heterocycles. The molecular weight excluding hydrogens is 359 g/mol. The fourth-order valence-electron chi connectivity index (χ4n) is 3.80. The predicted molar refractivity (Wildman–Crippen MR) is 96.9 cm³/mol. The number of rotatable bonds is 4. The van der Waals surface area contributed by atoms with E-state index in [1.165, 1.54) is 18.3 Å². The third kappa shape index (κ3) is 3.46. The van der Waals surface area contributed by atoms with E-state index in [1.807, 2.05) is 0 Å². The van der Waals surface area contributed by atoms with Crippen molar-refractivity contribution >= 4 is 21.8 Å². The molecule has 1 aromatic carbocycles. The molecule has 27 heavy (non-hydrogen) atoms. The summed E-state index contributed by atoms with van der Waals surface area (Å²) in [6.07, 6.45) is -2.52. The number of aromatic nitrogens is 2. The molecule has 2 aromatic heterocycles. The van der Waals surface area contributed by atoms with Crippen molar-refractivity contribution in [3.05, 3.63) is 46.4 Å². The van der Waals surface area contributed by atoms with Crippen molar-refractivity contribution < 1.29 is 17.9 Å². The summed E-state index contributed by atoms with van der Waals surface area (Å²) in [4.78, 5) is 16.4. The first-order valence-electron chi connectivity index (χ1n) is 8.96. The second kappa shape index (κ2) is 7.01. The van der Waals surface area contributed by atoms with Crippen LogP contribution in [0.15, 0.2) is 35.3 Å². The molecule has 0 saturated carbocycles. The Morgan fingerprint density at radius 2 is 1.85 bits per heavy atom. The molecule has 0 radical (unpaired) electrons. The van der Waals surface area contributed by atoms with Gasteiger partial charge < -0.3 is 14.3 Å². The SMILES string of the molecule is O=c1ccc2c3cc[nH]c(C(F)(F)F)c3n(CCCN3CCOCC3)c2c1. The molecule has 1 fully saturated rings. The van der Waals surface area contributed by atoms with E-state index in [-0.39, 0.29) is 10.9 Å². The minimum absolute atomic E-state index is 0.104. The van der Waals surface area contributed by atoms with Crippen molar-refractivity contribution in [2.45, 2.75) is 19.1 Å². The Morgan fingerprint density at radius 1 is 1.07 bits per heavy atom. The number of ether oxygens (including phenoxy) is 1. The topological polar surface area (TPSA) is 50.3 Å². The fraction of sp³-hybridized carbons (Fsp3) is 0.421. The van der Waals surface area contributed by atoms with Crippen LogP contribution in [0.4, 0.5) is 13.2 Å². The van der Waals surface area contributed by atoms with Gasteiger partial charge in [0, 0.05) is 49.2 Å². The lowest BCUT2D eigenvalue weighted by atomic mass is 10.1. The first kappa shape index (κ1) is 18.1. The van der Waals surface area contributed by atoms with Crippen LogP contribution in [0, 0.1) is 0 Å². The number of halogens is 3. The van der Waals surface area contributed by atoms with Crippen LogP contribution in [-0.2, 0) is 17.5 Å². The largest absolute Gasteiger partial charge is 0.433 e. The number of H-pyrrole nitrogens is 1. The number of aromatic amines is 1. The van der Waals surface area contributed by atoms with Crippen LogP contribution in [-0.4, -0.2) is 47.3 Å². The molecule has 0 aliphatic carbocycles. The number of fused-ring (bicyclic) bond motifs is 3. The predicted octanol–water partition coefficient (Wildman–Crippen LogP) is 3.22. The van der Waals surface area contributed by atoms with E-state index in [0.29, 0.717) is 42.5 Å². The van der Waals surface area contributed by atoms with Gasteiger partial charge in [-0.3, -0.25) is 9.69 Å². The van der Waals surface area contributed by atoms with E-state index < -0.39 is 11.9 Å². The maximum Gasteiger partial charge on any atom is 0.433 e. The van der Waals surface area contributed by atoms with Crippen molar-refractivity contribution in [2.24, 2.45) is 0 Å². The van der Waals surface area contributed by atoms with Crippen LogP contribution < -0.4 is 5.43 Å². The van der Waals surface area contributed by atoms with Crippen LogP contribution in [0.3, 0.4) is 0 Å². The molecule has 0 amide bonds. The summed E-state index contributed by atoms with van der Waals surface area (Å²) in [5.74, 6) is 0. The Balaban J connectivity index is 1.77. The molecule has 1 aliphatic heterocycles. The van der Waals surface area contributed by atoms with Crippen LogP contribution in [0.2, 0.25) is 0 Å². The van der Waals surface area contributed by atoms with Crippen molar-refractivity contribution in [1.29, 1.82) is 0 Å². The van der Waals surface area contributed by atoms with Gasteiger partial charge in [-0.25, -0.2) is 0 Å². The second-order valence-electron chi connectivity index (χ2n) is 6.75. The lowest BCUT2D eigenvalue weighted by molar-refractivity contribution is -0.140. The highest BCUT2D eigenvalue weighted by atomic mass is 19.4. The monoisotopic (exact) mass is 379 g/mol. The number of aryl methyl sites for hydroxylation is 1. The number of hydrogen-bond acceptors (Lipinski definition) is 3. The van der Waals surface area contributed by atoms with Gasteiger partial charge in [0.25, 0.3) is 0 Å². The number of nitrogens with zero attached hydrogens (tertiary/aromatic N) is 2. The van der Waals surface area contributed by atoms with Crippen LogP contribution >= 0.6 is 0 Å². The Labute approximate surface area is 153 Å². The second-order valence-corrected chi connectivity index (χ2v) is 6.75. The summed E-state index contributed by atoms with van der Waals surface area (Å²) in [7, 11) is 0. The molecule has 0 spiro atoms. The smallest absolute Gasteiger partial charge is 0.379 e. The number of alkyl halides is 3. The minimum atomic E-state index is -4.50. The van der Waals surface area contributed by atoms with Gasteiger partial charge in [0.2, 0.25) is 0 Å². The lowest BCUT2D eigenvalue weighted by Gasteiger charge is -2.26. The standard InChI is InChI=1S/C19H20F3N3O2/c20-19(21,22)18-17-15(4-5-23-18)14-3-2-13(26)12-16(14)25(17)7-1-6-24-8-10-27-11-9-24/h2-5,12,23H,1,6-11H2. The van der Waals surface area contributed by atoms with Crippen molar-refractivity contribution in [3.8, 4) is 0 Å². The molecule has 4 rings (SSSR count). The Kier molecular flexibility index (Phi) is 4.69. The van der Waals surface area contributed by atoms with Gasteiger partial charge in [0.1, 0.15) is 5.69 Å². The molecule has 144 valence electrons. The van der Waals surface area contributed by atoms with E-state index in [4.69, 9.17) is 4.74 Å². The third-order valence-electron chi connectivity index (χ3n) is 5.03. The van der Waals surface area contributed by atoms with Crippen LogP contribution in [0.1, 0.15) is 12.1 Å². The first-order chi connectivity index (χ1) is 12.9. The summed E-state index contributed by atoms with van der Waals surface area (Å²) in [6, 6.07) is 6.06. The number of morpholine rings is 1. The van der Waals surface area contributed by atoms with E-state index in [0.717, 1.165) is 19.6 Å². The van der Waals surface area contributed by atoms with Gasteiger partial charge in [-0.15, -0.1) is 0 Å². The number of hydrogen-bond donors (Lipinski definition) is 1. The van der Waals surface area contributed by atoms with Gasteiger partial charge in [-0.1, -0.05) is 0 Å². The quantitative estimate of drug-likeness (QED) is 0.757. The van der Waals surface area contributed by atoms with E-state index in [1.54, 1.807) is 16.7 Å². The van der Waals surface area contributed by atoms with Gasteiger partial charge in [0.15, 0.2) is 5.43 Å².